The van der Waals surface area contributed by atoms with Crippen molar-refractivity contribution in [3.63, 3.8) is 0 Å². The van der Waals surface area contributed by atoms with E-state index in [1.54, 1.807) is 24.5 Å². The molecule has 1 fully saturated rings. The molecule has 0 aliphatic carbocycles. The first-order valence-electron chi connectivity index (χ1n) is 9.54. The first kappa shape index (κ1) is 20.3. The summed E-state index contributed by atoms with van der Waals surface area (Å²) in [4.78, 5) is 30.7. The van der Waals surface area contributed by atoms with Crippen molar-refractivity contribution in [2.45, 2.75) is 32.7 Å². The molecule has 2 aromatic rings. The van der Waals surface area contributed by atoms with Gasteiger partial charge in [0.15, 0.2) is 5.13 Å². The minimum absolute atomic E-state index is 0.164. The van der Waals surface area contributed by atoms with Crippen molar-refractivity contribution in [3.8, 4) is 0 Å². The van der Waals surface area contributed by atoms with Crippen molar-refractivity contribution in [3.05, 3.63) is 41.3 Å². The fourth-order valence-corrected chi connectivity index (χ4v) is 3.90. The fraction of sp³-hybridized carbons (Fsp3) is 0.450. The maximum Gasteiger partial charge on any atom is 0.244 e. The maximum atomic E-state index is 12.0. The molecule has 0 radical (unpaired) electrons. The number of carbonyl (C=O) groups is 2. The van der Waals surface area contributed by atoms with Gasteiger partial charge in [0.05, 0.1) is 12.0 Å². The van der Waals surface area contributed by atoms with Crippen LogP contribution in [0.25, 0.3) is 6.08 Å². The number of rotatable bonds is 8. The zero-order valence-corrected chi connectivity index (χ0v) is 16.8. The molecule has 1 unspecified atom stereocenters. The van der Waals surface area contributed by atoms with Gasteiger partial charge in [-0.2, -0.15) is 0 Å². The summed E-state index contributed by atoms with van der Waals surface area (Å²) in [7, 11) is 0. The van der Waals surface area contributed by atoms with Crippen molar-refractivity contribution in [1.29, 1.82) is 0 Å². The van der Waals surface area contributed by atoms with Crippen LogP contribution in [-0.2, 0) is 16.1 Å². The summed E-state index contributed by atoms with van der Waals surface area (Å²) in [5, 5.41) is 8.08. The molecule has 1 aliphatic rings. The van der Waals surface area contributed by atoms with Crippen molar-refractivity contribution in [1.82, 2.24) is 15.2 Å². The molecule has 1 saturated heterocycles. The zero-order valence-electron chi connectivity index (χ0n) is 16.0. The van der Waals surface area contributed by atoms with Gasteiger partial charge in [-0.15, -0.1) is 11.3 Å². The van der Waals surface area contributed by atoms with E-state index in [9.17, 15) is 9.59 Å². The Balaban J connectivity index is 1.35. The van der Waals surface area contributed by atoms with Gasteiger partial charge in [0.2, 0.25) is 11.8 Å². The SMILES string of the molecule is CC1CCCN(Cc2csc(NC(=O)CCNC(=O)/C=C/c3ccco3)n2)C1. The van der Waals surface area contributed by atoms with E-state index >= 15 is 0 Å². The van der Waals surface area contributed by atoms with Gasteiger partial charge in [-0.05, 0) is 43.5 Å². The normalized spacial score (nSPS) is 17.7. The van der Waals surface area contributed by atoms with E-state index in [0.717, 1.165) is 31.2 Å². The number of carbonyl (C=O) groups excluding carboxylic acids is 2. The van der Waals surface area contributed by atoms with Crippen LogP contribution >= 0.6 is 11.3 Å². The average Bonchev–Trinajstić information content (AvgIpc) is 3.32. The molecule has 0 aromatic carbocycles. The molecule has 0 bridgehead atoms. The standard InChI is InChI=1S/C20H26N4O3S/c1-15-4-2-10-24(12-15)13-16-14-28-20(22-16)23-19(26)8-9-21-18(25)7-6-17-5-3-11-27-17/h3,5-7,11,14-15H,2,4,8-10,12-13H2,1H3,(H,21,25)(H,22,23,26)/b7-6+. The van der Waals surface area contributed by atoms with E-state index in [4.69, 9.17) is 4.42 Å². The van der Waals surface area contributed by atoms with Crippen LogP contribution in [-0.4, -0.2) is 41.3 Å². The highest BCUT2D eigenvalue weighted by Crippen LogP contribution is 2.20. The summed E-state index contributed by atoms with van der Waals surface area (Å²) in [6.45, 7) is 5.58. The summed E-state index contributed by atoms with van der Waals surface area (Å²) >= 11 is 1.43. The third kappa shape index (κ3) is 6.61. The van der Waals surface area contributed by atoms with Gasteiger partial charge in [-0.1, -0.05) is 6.92 Å². The Hall–Kier alpha value is -2.45. The van der Waals surface area contributed by atoms with Crippen LogP contribution < -0.4 is 10.6 Å². The van der Waals surface area contributed by atoms with Crippen LogP contribution in [0, 0.1) is 5.92 Å². The Morgan fingerprint density at radius 1 is 1.46 bits per heavy atom. The third-order valence-corrected chi connectivity index (χ3v) is 5.32. The van der Waals surface area contributed by atoms with E-state index in [1.165, 1.54) is 30.3 Å². The number of likely N-dealkylation sites (tertiary alicyclic amines) is 1. The molecule has 3 rings (SSSR count). The van der Waals surface area contributed by atoms with Crippen molar-refractivity contribution >= 4 is 34.4 Å². The van der Waals surface area contributed by atoms with Gasteiger partial charge in [-0.3, -0.25) is 14.5 Å². The van der Waals surface area contributed by atoms with Gasteiger partial charge in [0, 0.05) is 37.5 Å². The quantitative estimate of drug-likeness (QED) is 0.663. The van der Waals surface area contributed by atoms with Crippen LogP contribution in [0.3, 0.4) is 0 Å². The molecule has 3 heterocycles. The number of furan rings is 1. The molecule has 150 valence electrons. The highest BCUT2D eigenvalue weighted by Gasteiger charge is 2.17. The third-order valence-electron chi connectivity index (χ3n) is 4.52. The van der Waals surface area contributed by atoms with Crippen LogP contribution in [0.15, 0.2) is 34.3 Å². The monoisotopic (exact) mass is 402 g/mol. The smallest absolute Gasteiger partial charge is 0.244 e. The number of thiazole rings is 1. The van der Waals surface area contributed by atoms with Gasteiger partial charge in [0.25, 0.3) is 0 Å². The summed E-state index contributed by atoms with van der Waals surface area (Å²) in [5.74, 6) is 0.904. The molecule has 2 aromatic heterocycles. The number of nitrogens with one attached hydrogen (secondary N) is 2. The summed E-state index contributed by atoms with van der Waals surface area (Å²) < 4.78 is 5.11. The molecular formula is C20H26N4O3S. The minimum Gasteiger partial charge on any atom is -0.465 e. The van der Waals surface area contributed by atoms with Gasteiger partial charge in [-0.25, -0.2) is 4.98 Å². The molecule has 0 spiro atoms. The van der Waals surface area contributed by atoms with E-state index < -0.39 is 0 Å². The highest BCUT2D eigenvalue weighted by molar-refractivity contribution is 7.13. The second kappa shape index (κ2) is 10.2. The van der Waals surface area contributed by atoms with E-state index in [0.29, 0.717) is 10.9 Å². The minimum atomic E-state index is -0.267. The van der Waals surface area contributed by atoms with Gasteiger partial charge in [0.1, 0.15) is 5.76 Å². The van der Waals surface area contributed by atoms with E-state index in [-0.39, 0.29) is 24.8 Å². The average molecular weight is 403 g/mol. The first-order chi connectivity index (χ1) is 13.6. The molecule has 2 amide bonds. The molecule has 7 nitrogen and oxygen atoms in total. The Bertz CT molecular complexity index is 800. The number of hydrogen-bond donors (Lipinski definition) is 2. The topological polar surface area (TPSA) is 87.5 Å². The van der Waals surface area contributed by atoms with Crippen molar-refractivity contribution in [2.24, 2.45) is 5.92 Å². The van der Waals surface area contributed by atoms with Crippen LogP contribution in [0.2, 0.25) is 0 Å². The number of anilines is 1. The van der Waals surface area contributed by atoms with E-state index in [1.807, 2.05) is 5.38 Å². The number of piperidine rings is 1. The van der Waals surface area contributed by atoms with E-state index in [2.05, 4.69) is 27.4 Å². The molecule has 8 heteroatoms. The van der Waals surface area contributed by atoms with Crippen molar-refractivity contribution < 1.29 is 14.0 Å². The lowest BCUT2D eigenvalue weighted by Crippen LogP contribution is -2.33. The molecule has 1 aliphatic heterocycles. The van der Waals surface area contributed by atoms with Crippen LogP contribution in [0.5, 0.6) is 0 Å². The highest BCUT2D eigenvalue weighted by atomic mass is 32.1. The Labute approximate surface area is 168 Å². The van der Waals surface area contributed by atoms with Crippen molar-refractivity contribution in [2.75, 3.05) is 25.0 Å². The van der Waals surface area contributed by atoms with Gasteiger partial charge < -0.3 is 15.1 Å². The van der Waals surface area contributed by atoms with Crippen LogP contribution in [0.1, 0.15) is 37.6 Å². The zero-order chi connectivity index (χ0) is 19.8. The maximum absolute atomic E-state index is 12.0. The van der Waals surface area contributed by atoms with Crippen LogP contribution in [0.4, 0.5) is 5.13 Å². The fourth-order valence-electron chi connectivity index (χ4n) is 3.18. The molecule has 2 N–H and O–H groups in total. The Morgan fingerprint density at radius 2 is 2.36 bits per heavy atom. The lowest BCUT2D eigenvalue weighted by molar-refractivity contribution is -0.117. The molecular weight excluding hydrogens is 376 g/mol. The number of hydrogen-bond acceptors (Lipinski definition) is 6. The second-order valence-corrected chi connectivity index (χ2v) is 7.92. The largest absolute Gasteiger partial charge is 0.465 e. The summed E-state index contributed by atoms with van der Waals surface area (Å²) in [6.07, 6.45) is 7.22. The summed E-state index contributed by atoms with van der Waals surface area (Å²) in [5.41, 5.74) is 0.991. The number of amides is 2. The lowest BCUT2D eigenvalue weighted by Gasteiger charge is -2.30. The Morgan fingerprint density at radius 3 is 3.14 bits per heavy atom. The predicted molar refractivity (Wildman–Crippen MR) is 110 cm³/mol. The first-order valence-corrected chi connectivity index (χ1v) is 10.4. The summed E-state index contributed by atoms with van der Waals surface area (Å²) in [6, 6.07) is 3.50. The lowest BCUT2D eigenvalue weighted by atomic mass is 10.0. The number of nitrogens with zero attached hydrogens (tertiary/aromatic N) is 2. The van der Waals surface area contributed by atoms with Gasteiger partial charge >= 0.3 is 0 Å². The second-order valence-electron chi connectivity index (χ2n) is 7.06. The molecule has 0 saturated carbocycles. The Kier molecular flexibility index (Phi) is 7.39. The number of aromatic nitrogens is 1. The molecule has 1 atom stereocenters. The molecule has 28 heavy (non-hydrogen) atoms. The predicted octanol–water partition coefficient (Wildman–Crippen LogP) is 3.13.